The summed E-state index contributed by atoms with van der Waals surface area (Å²) < 4.78 is 22.7. The van der Waals surface area contributed by atoms with Gasteiger partial charge in [-0.1, -0.05) is 59.3 Å². The molecule has 0 bridgehead atoms. The van der Waals surface area contributed by atoms with Crippen LogP contribution in [0.1, 0.15) is 31.0 Å². The van der Waals surface area contributed by atoms with Crippen molar-refractivity contribution in [3.8, 4) is 16.9 Å². The maximum atomic E-state index is 14.1. The lowest BCUT2D eigenvalue weighted by atomic mass is 9.96. The van der Waals surface area contributed by atoms with Crippen molar-refractivity contribution < 1.29 is 13.9 Å². The van der Waals surface area contributed by atoms with Gasteiger partial charge in [0.25, 0.3) is 5.56 Å². The Bertz CT molecular complexity index is 2030. The fraction of sp³-hybridized carbons (Fsp3) is 0.125. The molecule has 2 aromatic heterocycles. The molecule has 0 unspecified atom stereocenters. The van der Waals surface area contributed by atoms with E-state index in [0.29, 0.717) is 42.4 Å². The van der Waals surface area contributed by atoms with Crippen molar-refractivity contribution in [3.63, 3.8) is 0 Å². The highest BCUT2D eigenvalue weighted by molar-refractivity contribution is 7.07. The molecule has 0 radical (unpaired) electrons. The first kappa shape index (κ1) is 27.6. The van der Waals surface area contributed by atoms with Gasteiger partial charge in [0.15, 0.2) is 4.80 Å². The van der Waals surface area contributed by atoms with Crippen LogP contribution in [0.15, 0.2) is 106 Å². The Labute approximate surface area is 249 Å². The number of halogens is 2. The molecule has 7 nitrogen and oxygen atoms in total. The van der Waals surface area contributed by atoms with Gasteiger partial charge in [-0.3, -0.25) is 9.36 Å². The van der Waals surface area contributed by atoms with Gasteiger partial charge < -0.3 is 4.74 Å². The SMILES string of the molecule is CCOC(=O)C1=C(C)N=c2s/c(=C/c3cn(-c4ccccc4)nc3-c3ccc(F)cc3)c(=O)n2[C@H]1c1ccccc1Cl. The molecule has 1 atom stereocenters. The molecule has 42 heavy (non-hydrogen) atoms. The number of carbonyl (C=O) groups is 1. The van der Waals surface area contributed by atoms with Crippen molar-refractivity contribution >= 4 is 35.0 Å². The third-order valence-corrected chi connectivity index (χ3v) is 8.21. The second-order valence-corrected chi connectivity index (χ2v) is 11.0. The summed E-state index contributed by atoms with van der Waals surface area (Å²) in [6.45, 7) is 3.62. The van der Waals surface area contributed by atoms with Gasteiger partial charge in [-0.05, 0) is 68.0 Å². The Morgan fingerprint density at radius 2 is 1.79 bits per heavy atom. The lowest BCUT2D eigenvalue weighted by Crippen LogP contribution is -2.40. The van der Waals surface area contributed by atoms with Crippen molar-refractivity contribution in [2.24, 2.45) is 4.99 Å². The molecule has 0 spiro atoms. The summed E-state index contributed by atoms with van der Waals surface area (Å²) in [6, 6.07) is 21.9. The zero-order chi connectivity index (χ0) is 29.4. The van der Waals surface area contributed by atoms with Gasteiger partial charge in [-0.2, -0.15) is 5.10 Å². The van der Waals surface area contributed by atoms with E-state index in [9.17, 15) is 14.0 Å². The van der Waals surface area contributed by atoms with E-state index in [1.54, 1.807) is 54.9 Å². The van der Waals surface area contributed by atoms with E-state index in [1.165, 1.54) is 28.0 Å². The van der Waals surface area contributed by atoms with E-state index in [-0.39, 0.29) is 23.6 Å². The highest BCUT2D eigenvalue weighted by Gasteiger charge is 2.34. The van der Waals surface area contributed by atoms with Crippen molar-refractivity contribution in [2.75, 3.05) is 6.61 Å². The molecule has 3 aromatic carbocycles. The van der Waals surface area contributed by atoms with E-state index in [4.69, 9.17) is 21.4 Å². The van der Waals surface area contributed by atoms with Crippen LogP contribution in [0.25, 0.3) is 23.0 Å². The largest absolute Gasteiger partial charge is 0.463 e. The Balaban J connectivity index is 1.57. The number of hydrogen-bond donors (Lipinski definition) is 0. The first-order chi connectivity index (χ1) is 20.4. The van der Waals surface area contributed by atoms with Crippen LogP contribution in [-0.4, -0.2) is 26.9 Å². The Morgan fingerprint density at radius 3 is 2.50 bits per heavy atom. The number of thiazole rings is 1. The van der Waals surface area contributed by atoms with Crippen LogP contribution in [0.3, 0.4) is 0 Å². The smallest absolute Gasteiger partial charge is 0.338 e. The normalized spacial score (nSPS) is 15.0. The average Bonchev–Trinajstić information content (AvgIpc) is 3.54. The molecule has 0 aliphatic carbocycles. The minimum Gasteiger partial charge on any atom is -0.463 e. The Morgan fingerprint density at radius 1 is 1.07 bits per heavy atom. The quantitative estimate of drug-likeness (QED) is 0.244. The number of benzene rings is 3. The number of nitrogens with zero attached hydrogens (tertiary/aromatic N) is 4. The summed E-state index contributed by atoms with van der Waals surface area (Å²) in [4.78, 5) is 32.3. The molecule has 0 saturated heterocycles. The number of carbonyl (C=O) groups excluding carboxylic acids is 1. The molecule has 0 fully saturated rings. The van der Waals surface area contributed by atoms with Gasteiger partial charge in [0, 0.05) is 22.3 Å². The van der Waals surface area contributed by atoms with Gasteiger partial charge in [0.2, 0.25) is 0 Å². The van der Waals surface area contributed by atoms with Gasteiger partial charge in [0.05, 0.1) is 28.1 Å². The minimum absolute atomic E-state index is 0.173. The van der Waals surface area contributed by atoms with Crippen molar-refractivity contribution in [2.45, 2.75) is 19.9 Å². The number of allylic oxidation sites excluding steroid dienone is 1. The number of para-hydroxylation sites is 1. The molecule has 3 heterocycles. The fourth-order valence-electron chi connectivity index (χ4n) is 4.96. The van der Waals surface area contributed by atoms with E-state index < -0.39 is 12.0 Å². The molecular weight excluding hydrogens is 575 g/mol. The van der Waals surface area contributed by atoms with Crippen LogP contribution < -0.4 is 14.9 Å². The van der Waals surface area contributed by atoms with Crippen LogP contribution in [0.4, 0.5) is 4.39 Å². The molecule has 0 N–H and O–H groups in total. The summed E-state index contributed by atoms with van der Waals surface area (Å²) in [5, 5.41) is 5.19. The minimum atomic E-state index is -0.820. The number of esters is 1. The van der Waals surface area contributed by atoms with Gasteiger partial charge >= 0.3 is 5.97 Å². The van der Waals surface area contributed by atoms with Gasteiger partial charge in [-0.25, -0.2) is 18.9 Å². The molecule has 6 rings (SSSR count). The average molecular weight is 599 g/mol. The van der Waals surface area contributed by atoms with Crippen LogP contribution >= 0.6 is 22.9 Å². The first-order valence-corrected chi connectivity index (χ1v) is 14.4. The van der Waals surface area contributed by atoms with Crippen LogP contribution in [0, 0.1) is 5.82 Å². The summed E-state index contributed by atoms with van der Waals surface area (Å²) in [7, 11) is 0. The predicted molar refractivity (Wildman–Crippen MR) is 161 cm³/mol. The van der Waals surface area contributed by atoms with E-state index in [1.807, 2.05) is 42.6 Å². The highest BCUT2D eigenvalue weighted by atomic mass is 35.5. The second kappa shape index (κ2) is 11.3. The number of ether oxygens (including phenoxy) is 1. The first-order valence-electron chi connectivity index (χ1n) is 13.2. The number of fused-ring (bicyclic) bond motifs is 1. The standard InChI is InChI=1S/C32H24ClFN4O3S/c1-3-41-31(40)27-19(2)35-32-38(29(27)24-11-7-8-12-25(24)33)30(39)26(42-32)17-21-18-37(23-9-5-4-6-10-23)36-28(21)20-13-15-22(34)16-14-20/h4-18,29H,3H2,1-2H3/b26-17+/t29-/m0/s1. The molecule has 0 saturated carbocycles. The zero-order valence-corrected chi connectivity index (χ0v) is 24.2. The van der Waals surface area contributed by atoms with Crippen molar-refractivity contribution in [1.82, 2.24) is 14.3 Å². The molecule has 0 amide bonds. The number of hydrogen-bond acceptors (Lipinski definition) is 6. The van der Waals surface area contributed by atoms with Crippen LogP contribution in [0.2, 0.25) is 5.02 Å². The summed E-state index contributed by atoms with van der Waals surface area (Å²) in [5.74, 6) is -0.913. The molecule has 10 heteroatoms. The van der Waals surface area contributed by atoms with Gasteiger partial charge in [-0.15, -0.1) is 0 Å². The highest BCUT2D eigenvalue weighted by Crippen LogP contribution is 2.34. The lowest BCUT2D eigenvalue weighted by Gasteiger charge is -2.25. The van der Waals surface area contributed by atoms with Crippen LogP contribution in [0.5, 0.6) is 0 Å². The maximum absolute atomic E-state index is 14.1. The van der Waals surface area contributed by atoms with Gasteiger partial charge in [0.1, 0.15) is 17.6 Å². The Kier molecular flexibility index (Phi) is 7.45. The fourth-order valence-corrected chi connectivity index (χ4v) is 6.24. The van der Waals surface area contributed by atoms with Crippen molar-refractivity contribution in [1.29, 1.82) is 0 Å². The summed E-state index contributed by atoms with van der Waals surface area (Å²) in [6.07, 6.45) is 3.58. The maximum Gasteiger partial charge on any atom is 0.338 e. The zero-order valence-electron chi connectivity index (χ0n) is 22.6. The number of aromatic nitrogens is 3. The third-order valence-electron chi connectivity index (χ3n) is 6.88. The Hall–Kier alpha value is -4.60. The lowest BCUT2D eigenvalue weighted by molar-refractivity contribution is -0.139. The topological polar surface area (TPSA) is 78.5 Å². The van der Waals surface area contributed by atoms with E-state index >= 15 is 0 Å². The predicted octanol–water partition coefficient (Wildman–Crippen LogP) is 5.44. The van der Waals surface area contributed by atoms with E-state index in [2.05, 4.69) is 4.99 Å². The molecule has 5 aromatic rings. The number of rotatable bonds is 6. The third kappa shape index (κ3) is 5.01. The monoisotopic (exact) mass is 598 g/mol. The molecule has 1 aliphatic rings. The summed E-state index contributed by atoms with van der Waals surface area (Å²) >= 11 is 7.81. The molecular formula is C32H24ClFN4O3S. The van der Waals surface area contributed by atoms with Crippen LogP contribution in [-0.2, 0) is 9.53 Å². The molecule has 1 aliphatic heterocycles. The second-order valence-electron chi connectivity index (χ2n) is 9.54. The van der Waals surface area contributed by atoms with Crippen molar-refractivity contribution in [3.05, 3.63) is 138 Å². The van der Waals surface area contributed by atoms with E-state index in [0.717, 1.165) is 5.69 Å². The summed E-state index contributed by atoms with van der Waals surface area (Å²) in [5.41, 5.74) is 3.73. The molecule has 210 valence electrons.